The number of nitrogens with one attached hydrogen (secondary N) is 1. The average molecular weight is 307 g/mol. The number of nitrogens with two attached hydrogens (primary N) is 1. The molecule has 0 atom stereocenters. The highest BCUT2D eigenvalue weighted by Gasteiger charge is 2.10. The van der Waals surface area contributed by atoms with Crippen LogP contribution in [0.2, 0.25) is 5.02 Å². The summed E-state index contributed by atoms with van der Waals surface area (Å²) in [6.45, 7) is 0.597. The summed E-state index contributed by atoms with van der Waals surface area (Å²) in [5, 5.41) is 4.01. The van der Waals surface area contributed by atoms with E-state index >= 15 is 0 Å². The molecule has 0 radical (unpaired) electrons. The molecule has 3 rings (SSSR count). The first-order chi connectivity index (χ1) is 9.67. The Morgan fingerprint density at radius 1 is 1.45 bits per heavy atom. The maximum absolute atomic E-state index is 11.4. The van der Waals surface area contributed by atoms with Crippen molar-refractivity contribution in [3.8, 4) is 0 Å². The number of carbonyl (C=O) groups excluding carboxylic acids is 1. The Bertz CT molecular complexity index is 780. The summed E-state index contributed by atoms with van der Waals surface area (Å²) >= 11 is 7.24. The Morgan fingerprint density at radius 2 is 2.30 bits per heavy atom. The van der Waals surface area contributed by atoms with Crippen LogP contribution in [0.25, 0.3) is 10.9 Å². The molecule has 0 unspecified atom stereocenters. The second kappa shape index (κ2) is 5.24. The summed E-state index contributed by atoms with van der Waals surface area (Å²) in [4.78, 5) is 15.6. The van der Waals surface area contributed by atoms with Crippen LogP contribution in [0.5, 0.6) is 0 Å². The molecule has 0 spiro atoms. The van der Waals surface area contributed by atoms with Crippen molar-refractivity contribution in [3.05, 3.63) is 51.6 Å². The van der Waals surface area contributed by atoms with Crippen molar-refractivity contribution >= 4 is 39.7 Å². The van der Waals surface area contributed by atoms with E-state index in [1.807, 2.05) is 35.8 Å². The highest BCUT2D eigenvalue weighted by atomic mass is 35.5. The quantitative estimate of drug-likeness (QED) is 0.443. The first-order valence-electron chi connectivity index (χ1n) is 5.87. The van der Waals surface area contributed by atoms with Gasteiger partial charge in [0.1, 0.15) is 0 Å². The summed E-state index contributed by atoms with van der Waals surface area (Å²) < 4.78 is 2.06. The van der Waals surface area contributed by atoms with Crippen LogP contribution in [-0.4, -0.2) is 15.5 Å². The molecular weight excluding hydrogens is 296 g/mol. The van der Waals surface area contributed by atoms with Gasteiger partial charge in [0, 0.05) is 27.5 Å². The van der Waals surface area contributed by atoms with Crippen LogP contribution in [-0.2, 0) is 6.54 Å². The summed E-state index contributed by atoms with van der Waals surface area (Å²) in [5.74, 6) is 4.72. The minimum absolute atomic E-state index is 0.363. The van der Waals surface area contributed by atoms with Crippen molar-refractivity contribution < 1.29 is 4.79 Å². The minimum Gasteiger partial charge on any atom is -0.341 e. The van der Waals surface area contributed by atoms with Crippen LogP contribution in [0.15, 0.2) is 35.8 Å². The Hall–Kier alpha value is -1.89. The molecule has 2 heterocycles. The molecule has 0 aliphatic carbocycles. The molecule has 0 saturated carbocycles. The molecule has 0 saturated heterocycles. The van der Waals surface area contributed by atoms with Gasteiger partial charge in [-0.05, 0) is 24.3 Å². The highest BCUT2D eigenvalue weighted by Crippen LogP contribution is 2.21. The summed E-state index contributed by atoms with van der Waals surface area (Å²) in [7, 11) is 0. The summed E-state index contributed by atoms with van der Waals surface area (Å²) in [6.07, 6.45) is 1.98. The van der Waals surface area contributed by atoms with Gasteiger partial charge in [0.05, 0.1) is 12.2 Å². The number of nitrogens with zero attached hydrogens (tertiary/aromatic N) is 2. The number of rotatable bonds is 3. The van der Waals surface area contributed by atoms with Crippen LogP contribution in [0.3, 0.4) is 0 Å². The fraction of sp³-hybridized carbons (Fsp3) is 0.0769. The Balaban J connectivity index is 1.89. The van der Waals surface area contributed by atoms with E-state index in [2.05, 4.69) is 15.0 Å². The van der Waals surface area contributed by atoms with Crippen LogP contribution >= 0.6 is 22.9 Å². The lowest BCUT2D eigenvalue weighted by Gasteiger charge is -2.03. The van der Waals surface area contributed by atoms with Crippen LogP contribution in [0.4, 0.5) is 0 Å². The molecule has 0 fully saturated rings. The monoisotopic (exact) mass is 306 g/mol. The van der Waals surface area contributed by atoms with Crippen molar-refractivity contribution in [1.82, 2.24) is 15.0 Å². The van der Waals surface area contributed by atoms with E-state index < -0.39 is 0 Å². The van der Waals surface area contributed by atoms with Gasteiger partial charge in [0.15, 0.2) is 5.01 Å². The van der Waals surface area contributed by atoms with E-state index in [9.17, 15) is 4.79 Å². The summed E-state index contributed by atoms with van der Waals surface area (Å²) in [5.41, 5.74) is 3.97. The predicted molar refractivity (Wildman–Crippen MR) is 79.8 cm³/mol. The molecule has 3 N–H and O–H groups in total. The van der Waals surface area contributed by atoms with Gasteiger partial charge in [-0.3, -0.25) is 10.2 Å². The van der Waals surface area contributed by atoms with Gasteiger partial charge < -0.3 is 4.57 Å². The van der Waals surface area contributed by atoms with Gasteiger partial charge in [-0.1, -0.05) is 11.6 Å². The third-order valence-electron chi connectivity index (χ3n) is 2.94. The zero-order valence-electron chi connectivity index (χ0n) is 10.3. The first-order valence-corrected chi connectivity index (χ1v) is 7.13. The SMILES string of the molecule is NNC(=O)c1nc(Cn2ccc3cc(Cl)ccc32)cs1. The van der Waals surface area contributed by atoms with E-state index in [-0.39, 0.29) is 5.91 Å². The smallest absolute Gasteiger partial charge is 0.294 e. The summed E-state index contributed by atoms with van der Waals surface area (Å²) in [6, 6.07) is 7.75. The predicted octanol–water partition coefficient (Wildman–Crippen LogP) is 2.40. The average Bonchev–Trinajstić information content (AvgIpc) is 3.06. The second-order valence-corrected chi connectivity index (χ2v) is 5.56. The highest BCUT2D eigenvalue weighted by molar-refractivity contribution is 7.11. The Kier molecular flexibility index (Phi) is 3.43. The molecule has 7 heteroatoms. The van der Waals surface area contributed by atoms with Crippen molar-refractivity contribution in [1.29, 1.82) is 0 Å². The van der Waals surface area contributed by atoms with Crippen molar-refractivity contribution in [3.63, 3.8) is 0 Å². The maximum Gasteiger partial charge on any atom is 0.294 e. The Morgan fingerprint density at radius 3 is 3.10 bits per heavy atom. The number of thiazole rings is 1. The fourth-order valence-electron chi connectivity index (χ4n) is 2.03. The maximum atomic E-state index is 11.4. The van der Waals surface area contributed by atoms with Crippen molar-refractivity contribution in [2.75, 3.05) is 0 Å². The first kappa shape index (κ1) is 13.1. The topological polar surface area (TPSA) is 72.9 Å². The largest absolute Gasteiger partial charge is 0.341 e. The molecule has 1 aromatic carbocycles. The zero-order valence-corrected chi connectivity index (χ0v) is 11.9. The molecular formula is C13H11ClN4OS. The second-order valence-electron chi connectivity index (χ2n) is 4.26. The number of benzene rings is 1. The number of fused-ring (bicyclic) bond motifs is 1. The number of hydrazine groups is 1. The number of hydrogen-bond donors (Lipinski definition) is 2. The van der Waals surface area contributed by atoms with Crippen LogP contribution < -0.4 is 11.3 Å². The lowest BCUT2D eigenvalue weighted by Crippen LogP contribution is -2.29. The van der Waals surface area contributed by atoms with Crippen LogP contribution in [0, 0.1) is 0 Å². The Labute approximate surface area is 124 Å². The van der Waals surface area contributed by atoms with Gasteiger partial charge in [-0.15, -0.1) is 11.3 Å². The number of halogens is 1. The molecule has 3 aromatic rings. The zero-order chi connectivity index (χ0) is 14.1. The molecule has 0 aliphatic heterocycles. The third kappa shape index (κ3) is 2.40. The van der Waals surface area contributed by atoms with Gasteiger partial charge in [0.2, 0.25) is 0 Å². The number of hydrogen-bond acceptors (Lipinski definition) is 4. The lowest BCUT2D eigenvalue weighted by atomic mass is 10.2. The van der Waals surface area contributed by atoms with E-state index in [0.717, 1.165) is 16.6 Å². The molecule has 102 valence electrons. The van der Waals surface area contributed by atoms with E-state index in [1.54, 1.807) is 0 Å². The van der Waals surface area contributed by atoms with Gasteiger partial charge in [-0.2, -0.15) is 0 Å². The van der Waals surface area contributed by atoms with Crippen molar-refractivity contribution in [2.24, 2.45) is 5.84 Å². The molecule has 20 heavy (non-hydrogen) atoms. The van der Waals surface area contributed by atoms with Gasteiger partial charge >= 0.3 is 0 Å². The number of aromatic nitrogens is 2. The van der Waals surface area contributed by atoms with Gasteiger partial charge in [0.25, 0.3) is 5.91 Å². The number of carbonyl (C=O) groups is 1. The van der Waals surface area contributed by atoms with E-state index in [0.29, 0.717) is 16.6 Å². The van der Waals surface area contributed by atoms with Crippen LogP contribution in [0.1, 0.15) is 15.5 Å². The van der Waals surface area contributed by atoms with E-state index in [4.69, 9.17) is 17.4 Å². The normalized spacial score (nSPS) is 10.9. The van der Waals surface area contributed by atoms with E-state index in [1.165, 1.54) is 11.3 Å². The third-order valence-corrected chi connectivity index (χ3v) is 4.07. The fourth-order valence-corrected chi connectivity index (χ4v) is 2.92. The number of amides is 1. The molecule has 1 amide bonds. The molecule has 0 bridgehead atoms. The lowest BCUT2D eigenvalue weighted by molar-refractivity contribution is 0.0953. The van der Waals surface area contributed by atoms with Crippen molar-refractivity contribution in [2.45, 2.75) is 6.54 Å². The number of nitrogen functional groups attached to an aromatic ring is 1. The molecule has 2 aromatic heterocycles. The van der Waals surface area contributed by atoms with Gasteiger partial charge in [-0.25, -0.2) is 10.8 Å². The standard InChI is InChI=1S/C13H11ClN4OS/c14-9-1-2-11-8(5-9)3-4-18(11)6-10-7-20-13(16-10)12(19)17-15/h1-5,7H,6,15H2,(H,17,19). The molecule has 5 nitrogen and oxygen atoms in total. The molecule has 0 aliphatic rings. The minimum atomic E-state index is -0.370.